The van der Waals surface area contributed by atoms with Crippen LogP contribution in [-0.2, 0) is 0 Å². The Balaban J connectivity index is 1.70. The monoisotopic (exact) mass is 294 g/mol. The van der Waals surface area contributed by atoms with Gasteiger partial charge in [-0.2, -0.15) is 24.7 Å². The van der Waals surface area contributed by atoms with Crippen LogP contribution in [0.3, 0.4) is 0 Å². The molecule has 1 unspecified atom stereocenters. The van der Waals surface area contributed by atoms with Crippen LogP contribution in [0.15, 0.2) is 12.7 Å². The van der Waals surface area contributed by atoms with Gasteiger partial charge in [-0.15, -0.1) is 0 Å². The van der Waals surface area contributed by atoms with E-state index in [4.69, 9.17) is 11.6 Å². The first kappa shape index (κ1) is 13.2. The van der Waals surface area contributed by atoms with E-state index in [1.165, 1.54) is 23.8 Å². The molecule has 0 radical (unpaired) electrons. The Labute approximate surface area is 121 Å². The van der Waals surface area contributed by atoms with Crippen LogP contribution in [-0.4, -0.2) is 61.3 Å². The van der Waals surface area contributed by atoms with Gasteiger partial charge < -0.3 is 10.2 Å². The molecule has 1 saturated heterocycles. The summed E-state index contributed by atoms with van der Waals surface area (Å²) in [6, 6.07) is 0. The zero-order chi connectivity index (χ0) is 13.9. The minimum atomic E-state index is 0.136. The number of aromatic nitrogens is 6. The van der Waals surface area contributed by atoms with Crippen molar-refractivity contribution in [1.29, 1.82) is 0 Å². The summed E-state index contributed by atoms with van der Waals surface area (Å²) in [5, 5.41) is 7.33. The molecule has 1 fully saturated rings. The molecule has 0 aliphatic carbocycles. The predicted octanol–water partition coefficient (Wildman–Crippen LogP) is 0.469. The standard InChI is InChI=1S/C11H15ClN8/c1-19-3-2-8(5-19)4-14-10-16-9(12)17-11(18-10)20-7-13-6-15-20/h6-8H,2-5H2,1H3,(H,14,16,17,18). The lowest BCUT2D eigenvalue weighted by molar-refractivity contribution is 0.399. The lowest BCUT2D eigenvalue weighted by atomic mass is 10.1. The third-order valence-corrected chi connectivity index (χ3v) is 3.43. The van der Waals surface area contributed by atoms with Crippen LogP contribution in [0.1, 0.15) is 6.42 Å². The van der Waals surface area contributed by atoms with E-state index in [0.29, 0.717) is 17.8 Å². The third-order valence-electron chi connectivity index (χ3n) is 3.26. The van der Waals surface area contributed by atoms with E-state index in [2.05, 4.69) is 42.3 Å². The molecule has 9 heteroatoms. The lowest BCUT2D eigenvalue weighted by Gasteiger charge is -2.12. The Kier molecular flexibility index (Phi) is 3.75. The quantitative estimate of drug-likeness (QED) is 0.877. The molecule has 8 nitrogen and oxygen atoms in total. The minimum absolute atomic E-state index is 0.136. The molecule has 1 aliphatic heterocycles. The Morgan fingerprint density at radius 3 is 3.00 bits per heavy atom. The number of hydrogen-bond donors (Lipinski definition) is 1. The first-order chi connectivity index (χ1) is 9.70. The van der Waals surface area contributed by atoms with Crippen LogP contribution in [0.2, 0.25) is 5.28 Å². The van der Waals surface area contributed by atoms with Gasteiger partial charge in [-0.3, -0.25) is 0 Å². The van der Waals surface area contributed by atoms with Crippen LogP contribution in [0.5, 0.6) is 0 Å². The summed E-state index contributed by atoms with van der Waals surface area (Å²) in [5.74, 6) is 1.42. The van der Waals surface area contributed by atoms with Crippen molar-refractivity contribution < 1.29 is 0 Å². The van der Waals surface area contributed by atoms with E-state index in [0.717, 1.165) is 19.6 Å². The molecule has 106 valence electrons. The molecule has 3 rings (SSSR count). The minimum Gasteiger partial charge on any atom is -0.354 e. The number of rotatable bonds is 4. The van der Waals surface area contributed by atoms with Crippen molar-refractivity contribution in [2.45, 2.75) is 6.42 Å². The summed E-state index contributed by atoms with van der Waals surface area (Å²) < 4.78 is 1.45. The number of likely N-dealkylation sites (tertiary alicyclic amines) is 1. The number of halogens is 1. The Morgan fingerprint density at radius 2 is 2.30 bits per heavy atom. The van der Waals surface area contributed by atoms with E-state index in [1.807, 2.05) is 0 Å². The van der Waals surface area contributed by atoms with E-state index in [1.54, 1.807) is 0 Å². The Bertz CT molecular complexity index is 572. The largest absolute Gasteiger partial charge is 0.354 e. The zero-order valence-corrected chi connectivity index (χ0v) is 11.8. The summed E-state index contributed by atoms with van der Waals surface area (Å²) in [4.78, 5) is 18.6. The average molecular weight is 295 g/mol. The fourth-order valence-electron chi connectivity index (χ4n) is 2.26. The Morgan fingerprint density at radius 1 is 1.40 bits per heavy atom. The SMILES string of the molecule is CN1CCC(CNc2nc(Cl)nc(-n3cncn3)n2)C1. The first-order valence-corrected chi connectivity index (χ1v) is 6.77. The highest BCUT2D eigenvalue weighted by atomic mass is 35.5. The molecule has 3 heterocycles. The topological polar surface area (TPSA) is 84.6 Å². The predicted molar refractivity (Wildman–Crippen MR) is 73.8 cm³/mol. The molecule has 20 heavy (non-hydrogen) atoms. The number of hydrogen-bond acceptors (Lipinski definition) is 7. The molecule has 0 aromatic carbocycles. The first-order valence-electron chi connectivity index (χ1n) is 6.39. The smallest absolute Gasteiger partial charge is 0.258 e. The maximum atomic E-state index is 5.91. The fraction of sp³-hybridized carbons (Fsp3) is 0.545. The zero-order valence-electron chi connectivity index (χ0n) is 11.1. The Hall–Kier alpha value is -1.80. The maximum absolute atomic E-state index is 5.91. The summed E-state index contributed by atoms with van der Waals surface area (Å²) in [6.45, 7) is 3.04. The third kappa shape index (κ3) is 3.02. The molecule has 2 aromatic rings. The van der Waals surface area contributed by atoms with Crippen LogP contribution in [0.25, 0.3) is 5.95 Å². The average Bonchev–Trinajstić information content (AvgIpc) is 3.07. The molecule has 0 spiro atoms. The van der Waals surface area contributed by atoms with Gasteiger partial charge in [0, 0.05) is 13.1 Å². The fourth-order valence-corrected chi connectivity index (χ4v) is 2.42. The second-order valence-corrected chi connectivity index (χ2v) is 5.20. The number of nitrogens with zero attached hydrogens (tertiary/aromatic N) is 7. The highest BCUT2D eigenvalue weighted by molar-refractivity contribution is 6.28. The van der Waals surface area contributed by atoms with Crippen LogP contribution < -0.4 is 5.32 Å². The summed E-state index contributed by atoms with van der Waals surface area (Å²) >= 11 is 5.91. The summed E-state index contributed by atoms with van der Waals surface area (Å²) in [7, 11) is 2.13. The van der Waals surface area contributed by atoms with Crippen LogP contribution in [0.4, 0.5) is 5.95 Å². The van der Waals surface area contributed by atoms with Crippen LogP contribution in [0, 0.1) is 5.92 Å². The number of nitrogens with one attached hydrogen (secondary N) is 1. The highest BCUT2D eigenvalue weighted by Gasteiger charge is 2.19. The second kappa shape index (κ2) is 5.68. The van der Waals surface area contributed by atoms with Crippen molar-refractivity contribution in [1.82, 2.24) is 34.6 Å². The van der Waals surface area contributed by atoms with E-state index in [-0.39, 0.29) is 5.28 Å². The highest BCUT2D eigenvalue weighted by Crippen LogP contribution is 2.15. The molecular weight excluding hydrogens is 280 g/mol. The molecular formula is C11H15ClN8. The van der Waals surface area contributed by atoms with Crippen molar-refractivity contribution in [2.24, 2.45) is 5.92 Å². The molecule has 0 saturated carbocycles. The molecule has 1 atom stereocenters. The van der Waals surface area contributed by atoms with Crippen molar-refractivity contribution in [3.05, 3.63) is 17.9 Å². The maximum Gasteiger partial charge on any atom is 0.258 e. The van der Waals surface area contributed by atoms with Crippen molar-refractivity contribution >= 4 is 17.5 Å². The van der Waals surface area contributed by atoms with E-state index < -0.39 is 0 Å². The van der Waals surface area contributed by atoms with Crippen molar-refractivity contribution in [3.8, 4) is 5.95 Å². The molecule has 0 amide bonds. The van der Waals surface area contributed by atoms with Gasteiger partial charge in [-0.25, -0.2) is 4.98 Å². The molecule has 2 aromatic heterocycles. The summed E-state index contributed by atoms with van der Waals surface area (Å²) in [5.41, 5.74) is 0. The van der Waals surface area contributed by atoms with Gasteiger partial charge in [-0.1, -0.05) is 0 Å². The summed E-state index contributed by atoms with van der Waals surface area (Å²) in [6.07, 6.45) is 4.11. The van der Waals surface area contributed by atoms with Crippen molar-refractivity contribution in [2.75, 3.05) is 32.0 Å². The van der Waals surface area contributed by atoms with Gasteiger partial charge in [0.05, 0.1) is 0 Å². The van der Waals surface area contributed by atoms with Gasteiger partial charge in [0.1, 0.15) is 12.7 Å². The van der Waals surface area contributed by atoms with Gasteiger partial charge in [0.25, 0.3) is 5.95 Å². The normalized spacial score (nSPS) is 19.4. The van der Waals surface area contributed by atoms with Gasteiger partial charge in [0.2, 0.25) is 11.2 Å². The molecule has 0 bridgehead atoms. The molecule has 1 N–H and O–H groups in total. The van der Waals surface area contributed by atoms with Crippen molar-refractivity contribution in [3.63, 3.8) is 0 Å². The van der Waals surface area contributed by atoms with Gasteiger partial charge >= 0.3 is 0 Å². The van der Waals surface area contributed by atoms with E-state index >= 15 is 0 Å². The second-order valence-electron chi connectivity index (χ2n) is 4.87. The molecule has 1 aliphatic rings. The van der Waals surface area contributed by atoms with Gasteiger partial charge in [0.15, 0.2) is 0 Å². The van der Waals surface area contributed by atoms with Gasteiger partial charge in [-0.05, 0) is 37.5 Å². The van der Waals surface area contributed by atoms with Crippen LogP contribution >= 0.6 is 11.6 Å². The number of anilines is 1. The van der Waals surface area contributed by atoms with E-state index in [9.17, 15) is 0 Å². The lowest BCUT2D eigenvalue weighted by Crippen LogP contribution is -2.20.